The van der Waals surface area contributed by atoms with Crippen molar-refractivity contribution in [3.05, 3.63) is 52.2 Å². The molecule has 0 radical (unpaired) electrons. The molecule has 1 aromatic heterocycles. The van der Waals surface area contributed by atoms with Crippen LogP contribution in [0.4, 0.5) is 5.69 Å². The number of carbonyl (C=O) groups excluding carboxylic acids is 2. The summed E-state index contributed by atoms with van der Waals surface area (Å²) in [7, 11) is 0. The highest BCUT2D eigenvalue weighted by Gasteiger charge is 2.34. The summed E-state index contributed by atoms with van der Waals surface area (Å²) in [6, 6.07) is 10.9. The molecular weight excluding hydrogens is 358 g/mol. The fraction of sp³-hybridized carbons (Fsp3) is 0.333. The van der Waals surface area contributed by atoms with Gasteiger partial charge < -0.3 is 16.0 Å². The Bertz CT molecular complexity index is 704. The van der Waals surface area contributed by atoms with Gasteiger partial charge in [-0.2, -0.15) is 0 Å². The zero-order valence-electron chi connectivity index (χ0n) is 13.8. The molecule has 1 unspecified atom stereocenters. The Balaban J connectivity index is 0.00000225. The first-order valence-corrected chi connectivity index (χ1v) is 9.00. The second-order valence-corrected chi connectivity index (χ2v) is 6.86. The van der Waals surface area contributed by atoms with Crippen LogP contribution in [0, 0.1) is 0 Å². The first-order valence-electron chi connectivity index (χ1n) is 8.12. The van der Waals surface area contributed by atoms with Gasteiger partial charge in [0.25, 0.3) is 5.91 Å². The van der Waals surface area contributed by atoms with Crippen LogP contribution in [0.5, 0.6) is 0 Å². The van der Waals surface area contributed by atoms with Crippen LogP contribution in [0.25, 0.3) is 0 Å². The third kappa shape index (κ3) is 4.74. The minimum atomic E-state index is -0.356. The second kappa shape index (κ2) is 8.87. The molecule has 1 saturated heterocycles. The first-order chi connectivity index (χ1) is 11.6. The summed E-state index contributed by atoms with van der Waals surface area (Å²) < 4.78 is 0. The molecule has 0 saturated carbocycles. The molecule has 1 atom stereocenters. The third-order valence-corrected chi connectivity index (χ3v) is 5.10. The number of hydrogen-bond acceptors (Lipinski definition) is 4. The number of nitrogen functional groups attached to an aromatic ring is 1. The molecular formula is C18H22ClN3O2S. The van der Waals surface area contributed by atoms with Gasteiger partial charge in [-0.05, 0) is 48.4 Å². The minimum absolute atomic E-state index is 0. The molecule has 1 aromatic carbocycles. The quantitative estimate of drug-likeness (QED) is 0.784. The van der Waals surface area contributed by atoms with Crippen molar-refractivity contribution in [3.63, 3.8) is 0 Å². The number of carbonyl (C=O) groups is 2. The average Bonchev–Trinajstić information content (AvgIpc) is 3.27. The van der Waals surface area contributed by atoms with E-state index in [0.717, 1.165) is 30.5 Å². The highest BCUT2D eigenvalue weighted by Crippen LogP contribution is 2.22. The van der Waals surface area contributed by atoms with E-state index in [4.69, 9.17) is 5.73 Å². The number of anilines is 1. The number of halogens is 1. The van der Waals surface area contributed by atoms with Crippen molar-refractivity contribution >= 4 is 41.2 Å². The molecule has 0 spiro atoms. The molecule has 0 aliphatic carbocycles. The zero-order chi connectivity index (χ0) is 16.9. The largest absolute Gasteiger partial charge is 0.399 e. The summed E-state index contributed by atoms with van der Waals surface area (Å²) in [6.45, 7) is 1.20. The molecule has 134 valence electrons. The van der Waals surface area contributed by atoms with E-state index in [1.54, 1.807) is 11.0 Å². The Hall–Kier alpha value is -2.05. The third-order valence-electron chi connectivity index (χ3n) is 4.24. The van der Waals surface area contributed by atoms with Gasteiger partial charge in [-0.25, -0.2) is 0 Å². The molecule has 2 aromatic rings. The van der Waals surface area contributed by atoms with Crippen molar-refractivity contribution < 1.29 is 9.59 Å². The fourth-order valence-electron chi connectivity index (χ4n) is 2.96. The lowest BCUT2D eigenvalue weighted by atomic mass is 10.1. The number of rotatable bonds is 5. The number of amides is 2. The predicted octanol–water partition coefficient (Wildman–Crippen LogP) is 2.72. The van der Waals surface area contributed by atoms with Gasteiger partial charge in [0.1, 0.15) is 6.04 Å². The second-order valence-electron chi connectivity index (χ2n) is 5.92. The smallest absolute Gasteiger partial charge is 0.264 e. The Labute approximate surface area is 157 Å². The standard InChI is InChI=1S/C18H21N3O2S.ClH/c19-14-7-5-13(6-8-14)9-10-20-17(22)15-3-1-11-21(15)18(23)16-4-2-12-24-16;/h2,4-8,12,15H,1,3,9-11,19H2,(H,20,22);1H. The van der Waals surface area contributed by atoms with Gasteiger partial charge in [-0.15, -0.1) is 23.7 Å². The first kappa shape index (κ1) is 19.3. The van der Waals surface area contributed by atoms with E-state index in [2.05, 4.69) is 5.32 Å². The summed E-state index contributed by atoms with van der Waals surface area (Å²) in [5.74, 6) is -0.103. The lowest BCUT2D eigenvalue weighted by Crippen LogP contribution is -2.46. The number of hydrogen-bond donors (Lipinski definition) is 2. The van der Waals surface area contributed by atoms with E-state index in [1.165, 1.54) is 11.3 Å². The fourth-order valence-corrected chi connectivity index (χ4v) is 3.64. The topological polar surface area (TPSA) is 75.4 Å². The number of nitrogens with zero attached hydrogens (tertiary/aromatic N) is 1. The summed E-state index contributed by atoms with van der Waals surface area (Å²) in [6.07, 6.45) is 2.34. The van der Waals surface area contributed by atoms with Crippen LogP contribution in [0.2, 0.25) is 0 Å². The Kier molecular flexibility index (Phi) is 6.84. The van der Waals surface area contributed by atoms with Crippen LogP contribution in [0.3, 0.4) is 0 Å². The number of benzene rings is 1. The maximum Gasteiger partial charge on any atom is 0.264 e. The van der Waals surface area contributed by atoms with Crippen LogP contribution < -0.4 is 11.1 Å². The van der Waals surface area contributed by atoms with Gasteiger partial charge in [0.05, 0.1) is 4.88 Å². The van der Waals surface area contributed by atoms with Crippen LogP contribution >= 0.6 is 23.7 Å². The highest BCUT2D eigenvalue weighted by molar-refractivity contribution is 7.12. The van der Waals surface area contributed by atoms with E-state index in [1.807, 2.05) is 35.7 Å². The molecule has 1 aliphatic heterocycles. The summed E-state index contributed by atoms with van der Waals surface area (Å²) >= 11 is 1.41. The highest BCUT2D eigenvalue weighted by atomic mass is 35.5. The molecule has 3 N–H and O–H groups in total. The molecule has 2 amide bonds. The van der Waals surface area contributed by atoms with Crippen LogP contribution in [-0.2, 0) is 11.2 Å². The van der Waals surface area contributed by atoms with Crippen molar-refractivity contribution in [1.82, 2.24) is 10.2 Å². The molecule has 7 heteroatoms. The van der Waals surface area contributed by atoms with E-state index in [0.29, 0.717) is 18.0 Å². The lowest BCUT2D eigenvalue weighted by Gasteiger charge is -2.23. The van der Waals surface area contributed by atoms with Crippen molar-refractivity contribution in [3.8, 4) is 0 Å². The SMILES string of the molecule is Cl.Nc1ccc(CCNC(=O)C2CCCN2C(=O)c2cccs2)cc1. The molecule has 0 bridgehead atoms. The monoisotopic (exact) mass is 379 g/mol. The Morgan fingerprint density at radius 1 is 1.24 bits per heavy atom. The summed E-state index contributed by atoms with van der Waals surface area (Å²) in [5.41, 5.74) is 7.52. The molecule has 5 nitrogen and oxygen atoms in total. The van der Waals surface area contributed by atoms with Gasteiger partial charge in [-0.3, -0.25) is 9.59 Å². The molecule has 1 aliphatic rings. The maximum absolute atomic E-state index is 12.5. The molecule has 3 rings (SSSR count). The lowest BCUT2D eigenvalue weighted by molar-refractivity contribution is -0.124. The maximum atomic E-state index is 12.5. The van der Waals surface area contributed by atoms with Gasteiger partial charge in [-0.1, -0.05) is 18.2 Å². The number of likely N-dealkylation sites (tertiary alicyclic amines) is 1. The van der Waals surface area contributed by atoms with Crippen molar-refractivity contribution in [2.45, 2.75) is 25.3 Å². The van der Waals surface area contributed by atoms with E-state index >= 15 is 0 Å². The van der Waals surface area contributed by atoms with E-state index in [9.17, 15) is 9.59 Å². The van der Waals surface area contributed by atoms with Gasteiger partial charge >= 0.3 is 0 Å². The molecule has 1 fully saturated rings. The zero-order valence-corrected chi connectivity index (χ0v) is 15.4. The van der Waals surface area contributed by atoms with Crippen molar-refractivity contribution in [2.75, 3.05) is 18.8 Å². The Morgan fingerprint density at radius 2 is 2.00 bits per heavy atom. The number of nitrogens with one attached hydrogen (secondary N) is 1. The number of thiophene rings is 1. The van der Waals surface area contributed by atoms with Crippen LogP contribution in [0.1, 0.15) is 28.1 Å². The van der Waals surface area contributed by atoms with Crippen molar-refractivity contribution in [1.29, 1.82) is 0 Å². The normalized spacial score (nSPS) is 16.3. The van der Waals surface area contributed by atoms with Crippen LogP contribution in [0.15, 0.2) is 41.8 Å². The van der Waals surface area contributed by atoms with Crippen LogP contribution in [-0.4, -0.2) is 35.8 Å². The summed E-state index contributed by atoms with van der Waals surface area (Å²) in [4.78, 5) is 27.3. The van der Waals surface area contributed by atoms with E-state index in [-0.39, 0.29) is 30.3 Å². The van der Waals surface area contributed by atoms with Gasteiger partial charge in [0.15, 0.2) is 0 Å². The molecule has 25 heavy (non-hydrogen) atoms. The van der Waals surface area contributed by atoms with E-state index < -0.39 is 0 Å². The number of nitrogens with two attached hydrogens (primary N) is 1. The van der Waals surface area contributed by atoms with Crippen molar-refractivity contribution in [2.24, 2.45) is 0 Å². The summed E-state index contributed by atoms with van der Waals surface area (Å²) in [5, 5.41) is 4.84. The Morgan fingerprint density at radius 3 is 2.68 bits per heavy atom. The average molecular weight is 380 g/mol. The van der Waals surface area contributed by atoms with Gasteiger partial charge in [0, 0.05) is 18.8 Å². The molecule has 2 heterocycles. The minimum Gasteiger partial charge on any atom is -0.399 e. The van der Waals surface area contributed by atoms with Gasteiger partial charge in [0.2, 0.25) is 5.91 Å². The predicted molar refractivity (Wildman–Crippen MR) is 103 cm³/mol.